The first-order valence-corrected chi connectivity index (χ1v) is 9.57. The molecule has 1 rings (SSSR count). The molecule has 0 saturated carbocycles. The maximum Gasteiger partial charge on any atom is 0.326 e. The van der Waals surface area contributed by atoms with Crippen molar-refractivity contribution in [3.63, 3.8) is 0 Å². The molecule has 0 aliphatic rings. The van der Waals surface area contributed by atoms with Crippen molar-refractivity contribution in [2.24, 2.45) is 0 Å². The Morgan fingerprint density at radius 1 is 1.07 bits per heavy atom. The third-order valence-corrected chi connectivity index (χ3v) is 4.14. The van der Waals surface area contributed by atoms with Crippen molar-refractivity contribution in [1.29, 1.82) is 0 Å². The monoisotopic (exact) mass is 430 g/mol. The van der Waals surface area contributed by atoms with Gasteiger partial charge >= 0.3 is 18.0 Å². The van der Waals surface area contributed by atoms with Gasteiger partial charge in [0.2, 0.25) is 0 Å². The molecule has 0 saturated heterocycles. The first kappa shape index (κ1) is 24.1. The summed E-state index contributed by atoms with van der Waals surface area (Å²) in [7, 11) is 0. The molecule has 29 heavy (non-hydrogen) atoms. The number of nitrogens with zero attached hydrogens (tertiary/aromatic N) is 1. The van der Waals surface area contributed by atoms with Crippen molar-refractivity contribution in [3.8, 4) is 0 Å². The molecule has 12 heteroatoms. The number of nitrogens with one attached hydrogen (secondary N) is 3. The van der Waals surface area contributed by atoms with Crippen LogP contribution in [0.25, 0.3) is 0 Å². The van der Waals surface area contributed by atoms with E-state index in [-0.39, 0.29) is 54.5 Å². The molecular weight excluding hydrogens is 407 g/mol. The number of aliphatic carboxylic acids is 2. The number of carbonyl (C=O) groups excluding carboxylic acids is 2. The van der Waals surface area contributed by atoms with Crippen molar-refractivity contribution in [3.05, 3.63) is 23.9 Å². The first-order valence-electron chi connectivity index (χ1n) is 8.85. The van der Waals surface area contributed by atoms with Crippen LogP contribution in [0.3, 0.4) is 0 Å². The van der Waals surface area contributed by atoms with Gasteiger partial charge in [0.25, 0.3) is 5.91 Å². The smallest absolute Gasteiger partial charge is 0.326 e. The van der Waals surface area contributed by atoms with Gasteiger partial charge in [0, 0.05) is 25.7 Å². The predicted octanol–water partition coefficient (Wildman–Crippen LogP) is 1.58. The van der Waals surface area contributed by atoms with Crippen LogP contribution in [0.15, 0.2) is 23.4 Å². The summed E-state index contributed by atoms with van der Waals surface area (Å²) in [4.78, 5) is 49.0. The van der Waals surface area contributed by atoms with Crippen molar-refractivity contribution in [2.75, 3.05) is 13.1 Å². The molecule has 1 atom stereocenters. The second kappa shape index (κ2) is 13.3. The lowest BCUT2D eigenvalue weighted by atomic mass is 10.1. The highest BCUT2D eigenvalue weighted by Crippen LogP contribution is 2.15. The van der Waals surface area contributed by atoms with Crippen LogP contribution in [0.2, 0.25) is 0 Å². The number of amides is 3. The summed E-state index contributed by atoms with van der Waals surface area (Å²) >= 11 is -0.0196. The van der Waals surface area contributed by atoms with Crippen molar-refractivity contribution < 1.29 is 33.3 Å². The number of hydrogen-bond acceptors (Lipinski definition) is 6. The first-order chi connectivity index (χ1) is 13.8. The highest BCUT2D eigenvalue weighted by atomic mass is 32.2. The molecule has 0 aromatic carbocycles. The molecule has 0 aliphatic carbocycles. The predicted molar refractivity (Wildman–Crippen MR) is 102 cm³/mol. The number of halogens is 1. The fraction of sp³-hybridized carbons (Fsp3) is 0.471. The number of rotatable bonds is 13. The van der Waals surface area contributed by atoms with Crippen molar-refractivity contribution in [2.45, 2.75) is 43.2 Å². The number of aromatic nitrogens is 1. The average Bonchev–Trinajstić information content (AvgIpc) is 2.69. The average molecular weight is 430 g/mol. The number of unbranched alkanes of at least 4 members (excludes halogenated alkanes) is 1. The number of carboxylic acids is 2. The number of hydrogen-bond donors (Lipinski definition) is 5. The van der Waals surface area contributed by atoms with Gasteiger partial charge in [-0.25, -0.2) is 14.6 Å². The van der Waals surface area contributed by atoms with Gasteiger partial charge in [-0.3, -0.25) is 9.59 Å². The number of urea groups is 1. The molecule has 1 heterocycles. The minimum atomic E-state index is -1.19. The van der Waals surface area contributed by atoms with E-state index in [1.807, 2.05) is 0 Å². The van der Waals surface area contributed by atoms with Gasteiger partial charge in [0.15, 0.2) is 0 Å². The molecule has 10 nitrogen and oxygen atoms in total. The minimum absolute atomic E-state index is 0.0196. The van der Waals surface area contributed by atoms with Crippen LogP contribution in [-0.2, 0) is 9.59 Å². The lowest BCUT2D eigenvalue weighted by molar-refractivity contribution is -0.139. The molecule has 0 radical (unpaired) electrons. The standard InChI is InChI=1S/C17H23FN4O6S/c18-29-13-7-6-11(10-21-13)15(25)19-8-2-1-4-12(16(26)27)22-17(28)20-9-3-5-14(23)24/h6-7,10,12H,1-5,8-9H2,(H,19,25)(H,23,24)(H,26,27)(H2,20,22,28). The molecule has 1 aromatic heterocycles. The van der Waals surface area contributed by atoms with Gasteiger partial charge in [-0.05, 0) is 37.8 Å². The molecule has 1 unspecified atom stereocenters. The Labute approximate surface area is 170 Å². The van der Waals surface area contributed by atoms with Gasteiger partial charge in [-0.2, -0.15) is 3.89 Å². The SMILES string of the molecule is O=C(O)CCCNC(=O)NC(CCCCNC(=O)c1ccc(SF)nc1)C(=O)O. The van der Waals surface area contributed by atoms with Gasteiger partial charge in [-0.1, -0.05) is 0 Å². The van der Waals surface area contributed by atoms with E-state index >= 15 is 0 Å². The van der Waals surface area contributed by atoms with Crippen LogP contribution < -0.4 is 16.0 Å². The van der Waals surface area contributed by atoms with Crippen LogP contribution in [0.1, 0.15) is 42.5 Å². The van der Waals surface area contributed by atoms with Gasteiger partial charge in [-0.15, -0.1) is 0 Å². The van der Waals surface area contributed by atoms with Crippen LogP contribution in [0.4, 0.5) is 8.68 Å². The third-order valence-electron chi connectivity index (χ3n) is 3.74. The lowest BCUT2D eigenvalue weighted by Gasteiger charge is -2.15. The summed E-state index contributed by atoms with van der Waals surface area (Å²) in [5.41, 5.74) is 0.285. The summed E-state index contributed by atoms with van der Waals surface area (Å²) < 4.78 is 12.3. The van der Waals surface area contributed by atoms with Crippen molar-refractivity contribution in [1.82, 2.24) is 20.9 Å². The summed E-state index contributed by atoms with van der Waals surface area (Å²) in [5.74, 6) is -2.54. The van der Waals surface area contributed by atoms with E-state index in [4.69, 9.17) is 5.11 Å². The lowest BCUT2D eigenvalue weighted by Crippen LogP contribution is -2.46. The third kappa shape index (κ3) is 10.3. The van der Waals surface area contributed by atoms with E-state index in [2.05, 4.69) is 20.9 Å². The summed E-state index contributed by atoms with van der Waals surface area (Å²) in [6, 6.07) is 1.05. The number of pyridine rings is 1. The fourth-order valence-electron chi connectivity index (χ4n) is 2.25. The minimum Gasteiger partial charge on any atom is -0.481 e. The molecule has 1 aromatic rings. The van der Waals surface area contributed by atoms with E-state index in [1.54, 1.807) is 0 Å². The largest absolute Gasteiger partial charge is 0.481 e. The van der Waals surface area contributed by atoms with Crippen LogP contribution in [0, 0.1) is 0 Å². The molecule has 160 valence electrons. The molecule has 0 aliphatic heterocycles. The molecule has 0 fully saturated rings. The summed E-state index contributed by atoms with van der Waals surface area (Å²) in [5, 5.41) is 25.2. The molecule has 3 amide bonds. The van der Waals surface area contributed by atoms with Crippen LogP contribution >= 0.6 is 12.1 Å². The van der Waals surface area contributed by atoms with Gasteiger partial charge in [0.05, 0.1) is 5.56 Å². The topological polar surface area (TPSA) is 158 Å². The van der Waals surface area contributed by atoms with E-state index < -0.39 is 24.0 Å². The normalized spacial score (nSPS) is 11.3. The van der Waals surface area contributed by atoms with E-state index in [9.17, 15) is 28.2 Å². The van der Waals surface area contributed by atoms with E-state index in [0.717, 1.165) is 0 Å². The van der Waals surface area contributed by atoms with E-state index in [0.29, 0.717) is 19.4 Å². The second-order valence-corrected chi connectivity index (χ2v) is 6.57. The molecule has 0 spiro atoms. The van der Waals surface area contributed by atoms with Crippen LogP contribution in [0.5, 0.6) is 0 Å². The molecule has 0 bridgehead atoms. The zero-order valence-electron chi connectivity index (χ0n) is 15.5. The maximum atomic E-state index is 12.3. The van der Waals surface area contributed by atoms with Gasteiger partial charge < -0.3 is 26.2 Å². The number of carboxylic acid groups (broad SMARTS) is 2. The fourth-order valence-corrected chi connectivity index (χ4v) is 2.46. The zero-order chi connectivity index (χ0) is 21.6. The quantitative estimate of drug-likeness (QED) is 0.295. The maximum absolute atomic E-state index is 12.3. The number of carbonyl (C=O) groups is 4. The Balaban J connectivity index is 2.26. The Morgan fingerprint density at radius 3 is 2.38 bits per heavy atom. The Morgan fingerprint density at radius 2 is 1.79 bits per heavy atom. The van der Waals surface area contributed by atoms with Gasteiger partial charge in [0.1, 0.15) is 23.2 Å². The highest BCUT2D eigenvalue weighted by molar-refractivity contribution is 7.94. The Kier molecular flexibility index (Phi) is 11.1. The highest BCUT2D eigenvalue weighted by Gasteiger charge is 2.19. The molecular formula is C17H23FN4O6S. The zero-order valence-corrected chi connectivity index (χ0v) is 16.3. The summed E-state index contributed by atoms with van der Waals surface area (Å²) in [6.45, 7) is 0.419. The Hall–Kier alpha value is -2.89. The second-order valence-electron chi connectivity index (χ2n) is 6.00. The van der Waals surface area contributed by atoms with E-state index in [1.165, 1.54) is 18.3 Å². The Bertz CT molecular complexity index is 704. The van der Waals surface area contributed by atoms with Crippen LogP contribution in [-0.4, -0.2) is 58.2 Å². The molecule has 5 N–H and O–H groups in total. The van der Waals surface area contributed by atoms with Crippen molar-refractivity contribution >= 4 is 36.0 Å². The summed E-state index contributed by atoms with van der Waals surface area (Å²) in [6.07, 6.45) is 2.50.